The van der Waals surface area contributed by atoms with Gasteiger partial charge in [-0.25, -0.2) is 0 Å². The first-order chi connectivity index (χ1) is 16.7. The number of hydrogen-bond donors (Lipinski definition) is 7. The fourth-order valence-electron chi connectivity index (χ4n) is 3.46. The zero-order valence-electron chi connectivity index (χ0n) is 19.3. The molecule has 1 heterocycles. The van der Waals surface area contributed by atoms with Crippen LogP contribution in [0.3, 0.4) is 0 Å². The molecule has 1 aromatic rings. The quantitative estimate of drug-likeness (QED) is 0.0872. The smallest absolute Gasteiger partial charge is 0.243 e. The first kappa shape index (κ1) is 27.1. The van der Waals surface area contributed by atoms with Gasteiger partial charge in [0.2, 0.25) is 29.5 Å². The Morgan fingerprint density at radius 1 is 1.06 bits per heavy atom. The normalized spacial score (nSPS) is 16.3. The van der Waals surface area contributed by atoms with Crippen molar-refractivity contribution in [3.8, 4) is 0 Å². The van der Waals surface area contributed by atoms with Gasteiger partial charge in [0, 0.05) is 19.4 Å². The Kier molecular flexibility index (Phi) is 10.5. The van der Waals surface area contributed by atoms with Gasteiger partial charge in [-0.1, -0.05) is 30.3 Å². The summed E-state index contributed by atoms with van der Waals surface area (Å²) in [6.07, 6.45) is 1.29. The van der Waals surface area contributed by atoms with Gasteiger partial charge >= 0.3 is 0 Å². The monoisotopic (exact) mass is 488 g/mol. The van der Waals surface area contributed by atoms with Crippen molar-refractivity contribution in [3.63, 3.8) is 0 Å². The van der Waals surface area contributed by atoms with Crippen molar-refractivity contribution in [2.45, 2.75) is 50.2 Å². The number of amides is 5. The van der Waals surface area contributed by atoms with Gasteiger partial charge in [-0.2, -0.15) is 0 Å². The number of carbonyl (C=O) groups is 5. The van der Waals surface area contributed by atoms with Crippen LogP contribution in [0.1, 0.15) is 31.2 Å². The summed E-state index contributed by atoms with van der Waals surface area (Å²) in [5.41, 5.74) is 16.9. The summed E-state index contributed by atoms with van der Waals surface area (Å²) < 4.78 is 0. The molecule has 0 bridgehead atoms. The highest BCUT2D eigenvalue weighted by Gasteiger charge is 2.28. The Morgan fingerprint density at radius 3 is 2.37 bits per heavy atom. The highest BCUT2D eigenvalue weighted by Crippen LogP contribution is 2.07. The largest absolute Gasteiger partial charge is 0.370 e. The average Bonchev–Trinajstić information content (AvgIpc) is 3.25. The molecule has 35 heavy (non-hydrogen) atoms. The molecule has 1 aliphatic heterocycles. The number of primary amides is 1. The number of nitrogens with two attached hydrogens (primary N) is 3. The van der Waals surface area contributed by atoms with Crippen molar-refractivity contribution in [2.24, 2.45) is 22.2 Å². The molecule has 0 saturated carbocycles. The van der Waals surface area contributed by atoms with Gasteiger partial charge in [-0.3, -0.25) is 29.0 Å². The number of nitrogens with one attached hydrogen (secondary N) is 4. The maximum absolute atomic E-state index is 12.9. The minimum Gasteiger partial charge on any atom is -0.370 e. The number of hydrogen-bond acceptors (Lipinski definition) is 6. The molecule has 190 valence electrons. The van der Waals surface area contributed by atoms with Crippen molar-refractivity contribution in [2.75, 3.05) is 13.1 Å². The molecule has 1 saturated heterocycles. The molecule has 0 unspecified atom stereocenters. The predicted molar refractivity (Wildman–Crippen MR) is 127 cm³/mol. The molecule has 5 amide bonds. The summed E-state index contributed by atoms with van der Waals surface area (Å²) >= 11 is 0. The molecular weight excluding hydrogens is 456 g/mol. The van der Waals surface area contributed by atoms with Crippen molar-refractivity contribution in [1.29, 1.82) is 0 Å². The molecule has 3 atom stereocenters. The number of carbonyl (C=O) groups excluding carboxylic acids is 5. The lowest BCUT2D eigenvalue weighted by molar-refractivity contribution is -0.132. The van der Waals surface area contributed by atoms with Gasteiger partial charge in [-0.05, 0) is 24.8 Å². The summed E-state index contributed by atoms with van der Waals surface area (Å²) in [5.74, 6) is -2.78. The van der Waals surface area contributed by atoms with Crippen molar-refractivity contribution >= 4 is 35.5 Å². The van der Waals surface area contributed by atoms with Crippen molar-refractivity contribution < 1.29 is 24.0 Å². The minimum atomic E-state index is -1.03. The number of benzene rings is 1. The first-order valence-electron chi connectivity index (χ1n) is 11.2. The third kappa shape index (κ3) is 9.70. The van der Waals surface area contributed by atoms with E-state index in [-0.39, 0.29) is 37.7 Å². The van der Waals surface area contributed by atoms with E-state index in [0.717, 1.165) is 5.56 Å². The minimum absolute atomic E-state index is 0.103. The lowest BCUT2D eigenvalue weighted by Gasteiger charge is -2.22. The lowest BCUT2D eigenvalue weighted by atomic mass is 10.0. The zero-order valence-corrected chi connectivity index (χ0v) is 19.3. The number of guanidine groups is 1. The summed E-state index contributed by atoms with van der Waals surface area (Å²) in [5, 5.41) is 10.1. The van der Waals surface area contributed by atoms with E-state index in [2.05, 4.69) is 26.3 Å². The van der Waals surface area contributed by atoms with E-state index < -0.39 is 48.3 Å². The van der Waals surface area contributed by atoms with E-state index >= 15 is 0 Å². The standard InChI is InChI=1S/C22H32N8O5/c23-19(33)16(11-13-5-2-1-3-6-13)30-21(35)14(7-4-10-26-22(24)25)29-18(32)12-27-20(34)15-8-9-17(31)28-15/h1-3,5-6,14-16H,4,7-12H2,(H2,23,33)(H,27,34)(H,28,31)(H,29,32)(H,30,35)(H4,24,25,26)/t14-,15+,16+/m0/s1. The fourth-order valence-corrected chi connectivity index (χ4v) is 3.46. The molecule has 13 heteroatoms. The van der Waals surface area contributed by atoms with E-state index in [1.165, 1.54) is 0 Å². The van der Waals surface area contributed by atoms with Crippen LogP contribution >= 0.6 is 0 Å². The van der Waals surface area contributed by atoms with Crippen LogP contribution < -0.4 is 38.5 Å². The number of aliphatic imine (C=N–C) groups is 1. The molecule has 0 radical (unpaired) electrons. The number of nitrogens with zero attached hydrogens (tertiary/aromatic N) is 1. The Hall–Kier alpha value is -4.16. The van der Waals surface area contributed by atoms with Gasteiger partial charge < -0.3 is 38.5 Å². The summed E-state index contributed by atoms with van der Waals surface area (Å²) in [6.45, 7) is -0.171. The molecule has 1 aliphatic rings. The van der Waals surface area contributed by atoms with Crippen LogP contribution in [0, 0.1) is 0 Å². The Labute approximate surface area is 202 Å². The van der Waals surface area contributed by atoms with Crippen molar-refractivity contribution in [3.05, 3.63) is 35.9 Å². The van der Waals surface area contributed by atoms with Crippen LogP contribution in [0.2, 0.25) is 0 Å². The van der Waals surface area contributed by atoms with E-state index in [9.17, 15) is 24.0 Å². The molecule has 0 aromatic heterocycles. The van der Waals surface area contributed by atoms with Crippen LogP contribution in [-0.4, -0.2) is 66.7 Å². The van der Waals surface area contributed by atoms with Crippen LogP contribution in [0.25, 0.3) is 0 Å². The Morgan fingerprint density at radius 2 is 1.77 bits per heavy atom. The van der Waals surface area contributed by atoms with Crippen molar-refractivity contribution in [1.82, 2.24) is 21.3 Å². The van der Waals surface area contributed by atoms with Crippen LogP contribution in [0.4, 0.5) is 0 Å². The molecule has 0 aliphatic carbocycles. The molecule has 1 aromatic carbocycles. The predicted octanol–water partition coefficient (Wildman–Crippen LogP) is -2.87. The number of rotatable bonds is 13. The second-order valence-electron chi connectivity index (χ2n) is 8.10. The second kappa shape index (κ2) is 13.5. The van der Waals surface area contributed by atoms with E-state index in [1.807, 2.05) is 6.07 Å². The maximum Gasteiger partial charge on any atom is 0.243 e. The Bertz CT molecular complexity index is 948. The molecular formula is C22H32N8O5. The van der Waals surface area contributed by atoms with Crippen LogP contribution in [0.15, 0.2) is 35.3 Å². The average molecular weight is 489 g/mol. The van der Waals surface area contributed by atoms with Crippen LogP contribution in [-0.2, 0) is 30.4 Å². The molecule has 2 rings (SSSR count). The highest BCUT2D eigenvalue weighted by atomic mass is 16.2. The maximum atomic E-state index is 12.9. The summed E-state index contributed by atoms with van der Waals surface area (Å²) in [6, 6.07) is 6.30. The Balaban J connectivity index is 1.98. The first-order valence-corrected chi connectivity index (χ1v) is 11.2. The van der Waals surface area contributed by atoms with Gasteiger partial charge in [0.1, 0.15) is 18.1 Å². The highest BCUT2D eigenvalue weighted by molar-refractivity contribution is 5.95. The van der Waals surface area contributed by atoms with Gasteiger partial charge in [0.25, 0.3) is 0 Å². The zero-order chi connectivity index (χ0) is 25.8. The third-order valence-corrected chi connectivity index (χ3v) is 5.27. The van der Waals surface area contributed by atoms with Gasteiger partial charge in [-0.15, -0.1) is 0 Å². The SMILES string of the molecule is NC(=O)[C@@H](Cc1ccccc1)NC(=O)[C@H](CCCN=C(N)N)NC(=O)CNC(=O)[C@H]1CCC(=O)N1. The second-order valence-corrected chi connectivity index (χ2v) is 8.10. The van der Waals surface area contributed by atoms with E-state index in [0.29, 0.717) is 12.8 Å². The van der Waals surface area contributed by atoms with Gasteiger partial charge in [0.15, 0.2) is 5.96 Å². The van der Waals surface area contributed by atoms with Gasteiger partial charge in [0.05, 0.1) is 6.54 Å². The molecule has 1 fully saturated rings. The summed E-state index contributed by atoms with van der Waals surface area (Å²) in [7, 11) is 0. The molecule has 10 N–H and O–H groups in total. The molecule has 13 nitrogen and oxygen atoms in total. The third-order valence-electron chi connectivity index (χ3n) is 5.27. The van der Waals surface area contributed by atoms with E-state index in [1.54, 1.807) is 24.3 Å². The van der Waals surface area contributed by atoms with Crippen LogP contribution in [0.5, 0.6) is 0 Å². The molecule has 0 spiro atoms. The topological polar surface area (TPSA) is 224 Å². The lowest BCUT2D eigenvalue weighted by Crippen LogP contribution is -2.55. The fraction of sp³-hybridized carbons (Fsp3) is 0.455. The van der Waals surface area contributed by atoms with E-state index in [4.69, 9.17) is 17.2 Å². The summed E-state index contributed by atoms with van der Waals surface area (Å²) in [4.78, 5) is 64.5.